The summed E-state index contributed by atoms with van der Waals surface area (Å²) < 4.78 is 72.4. The van der Waals surface area contributed by atoms with Gasteiger partial charge in [0.25, 0.3) is 17.7 Å². The van der Waals surface area contributed by atoms with Gasteiger partial charge in [-0.2, -0.15) is 0 Å². The third-order valence-corrected chi connectivity index (χ3v) is 18.7. The van der Waals surface area contributed by atoms with Crippen molar-refractivity contribution >= 4 is 124 Å². The normalized spacial score (nSPS) is 22.3. The minimum absolute atomic E-state index is 0.0358. The van der Waals surface area contributed by atoms with Crippen molar-refractivity contribution in [2.24, 2.45) is 0 Å². The molecule has 0 saturated carbocycles. The summed E-state index contributed by atoms with van der Waals surface area (Å²) in [7, 11) is 0. The summed E-state index contributed by atoms with van der Waals surface area (Å²) in [5.74, 6) is -18.3. The van der Waals surface area contributed by atoms with Gasteiger partial charge in [0, 0.05) is 148 Å². The molecule has 42 nitrogen and oxygen atoms in total. The largest absolute Gasteiger partial charge is 0.463 e. The molecule has 0 aliphatic carbocycles. The van der Waals surface area contributed by atoms with Crippen LogP contribution in [0.15, 0.2) is 30.3 Å². The second-order valence-electron chi connectivity index (χ2n) is 28.8. The fourth-order valence-electron chi connectivity index (χ4n) is 13.6. The van der Waals surface area contributed by atoms with Gasteiger partial charge in [-0.3, -0.25) is 101 Å². The standard InChI is InChI=1S/C79H112N8O34/c1-42(88)83-67-59(119-62(39-109-45(4)91)70(113-48(7)94)73(67)116-51(10)97)27-19-24-56(100)77(106)81-34-36-87(37-35-82-78(107)57(101)25-20-28-60-68(84-43(2)89)74(117-52(11)98)71(114-49(8)95)63(120-60)40-110-46(5)92)65(103)32-31-55(76(105)80-33-18-14-17-30-66(104)112-38-54-22-15-13-16-23-54)86-79(108)58(102)26-21-29-61-69(85-44(3)90)75(118-53(12)99)72(115-50(9)96)64(121-61)41-111-47(6)93/h13,15-16,22-23,55,59-64,67-75H,14,17-21,24-41H2,1-12H3,(H,80,105)(H,81,106)(H,82,107)(H,83,88)(H,84,89)(H,85,90)(H,86,108)/t55-,59?,60?,61?,62?,63?,64?,67?,68?,69?,70?,71?,72?,73?,74?,75?/m0/s1. The van der Waals surface area contributed by atoms with E-state index in [9.17, 15) is 101 Å². The van der Waals surface area contributed by atoms with Crippen LogP contribution >= 0.6 is 0 Å². The molecule has 0 spiro atoms. The Balaban J connectivity index is 1.62. The van der Waals surface area contributed by atoms with Crippen molar-refractivity contribution in [3.63, 3.8) is 0 Å². The highest BCUT2D eigenvalue weighted by Crippen LogP contribution is 2.34. The molecule has 0 bridgehead atoms. The van der Waals surface area contributed by atoms with E-state index < -0.39 is 300 Å². The van der Waals surface area contributed by atoms with Gasteiger partial charge in [0.1, 0.15) is 50.8 Å². The number of Topliss-reactive ketones (excluding diaryl/α,β-unsaturated/α-hetero) is 3. The smallest absolute Gasteiger partial charge is 0.306 e. The quantitative estimate of drug-likeness (QED) is 0.0179. The predicted octanol–water partition coefficient (Wildman–Crippen LogP) is -0.954. The molecular weight excluding hydrogens is 1600 g/mol. The first-order chi connectivity index (χ1) is 57.1. The first kappa shape index (κ1) is 102. The average Bonchev–Trinajstić information content (AvgIpc) is 0.796. The molecule has 8 amide bonds. The van der Waals surface area contributed by atoms with Crippen LogP contribution < -0.4 is 37.2 Å². The van der Waals surface area contributed by atoms with Crippen LogP contribution in [0.25, 0.3) is 0 Å². The van der Waals surface area contributed by atoms with Gasteiger partial charge in [-0.25, -0.2) is 0 Å². The number of esters is 10. The molecule has 16 atom stereocenters. The molecule has 3 aliphatic heterocycles. The molecule has 121 heavy (non-hydrogen) atoms. The van der Waals surface area contributed by atoms with Crippen molar-refractivity contribution in [3.05, 3.63) is 35.9 Å². The molecule has 3 aliphatic rings. The van der Waals surface area contributed by atoms with Crippen molar-refractivity contribution in [1.82, 2.24) is 42.1 Å². The maximum Gasteiger partial charge on any atom is 0.306 e. The van der Waals surface area contributed by atoms with Crippen molar-refractivity contribution in [3.8, 4) is 0 Å². The predicted molar refractivity (Wildman–Crippen MR) is 410 cm³/mol. The SMILES string of the molecule is CC(=O)NC1C(CCCC(=O)C(=O)NCCN(CCNC(=O)C(=O)CCCC2OC(COC(C)=O)C(OC(C)=O)C(OC(C)=O)C2NC(C)=O)C(=O)CC[C@H](NC(=O)C(=O)CCCC2OC(COC(C)=O)C(OC(C)=O)C(OC(C)=O)C2NC(C)=O)C(=O)NCCCCCC(=O)OCc2ccccc2)OC(COC(C)=O)C(OC(C)=O)C1OC(C)=O. The van der Waals surface area contributed by atoms with Gasteiger partial charge in [0.2, 0.25) is 46.9 Å². The van der Waals surface area contributed by atoms with Gasteiger partial charge in [0.15, 0.2) is 36.6 Å². The zero-order chi connectivity index (χ0) is 90.2. The van der Waals surface area contributed by atoms with E-state index in [0.29, 0.717) is 12.8 Å². The molecule has 3 saturated heterocycles. The van der Waals surface area contributed by atoms with Gasteiger partial charge in [0.05, 0.1) is 36.4 Å². The number of carbonyl (C=O) groups excluding carboxylic acids is 21. The van der Waals surface area contributed by atoms with Gasteiger partial charge < -0.3 is 104 Å². The van der Waals surface area contributed by atoms with Crippen LogP contribution in [0.3, 0.4) is 0 Å². The lowest BCUT2D eigenvalue weighted by Gasteiger charge is -2.45. The highest BCUT2D eigenvalue weighted by molar-refractivity contribution is 6.37. The topological polar surface area (TPSA) is 566 Å². The van der Waals surface area contributed by atoms with E-state index in [1.54, 1.807) is 24.3 Å². The number of unbranched alkanes of at least 4 members (excludes halogenated alkanes) is 2. The van der Waals surface area contributed by atoms with Crippen LogP contribution in [0, 0.1) is 0 Å². The molecule has 672 valence electrons. The number of nitrogens with zero attached hydrogens (tertiary/aromatic N) is 1. The van der Waals surface area contributed by atoms with Crippen LogP contribution in [0.4, 0.5) is 0 Å². The Morgan fingerprint density at radius 2 is 0.702 bits per heavy atom. The third kappa shape index (κ3) is 37.8. The number of amides is 8. The lowest BCUT2D eigenvalue weighted by atomic mass is 9.89. The van der Waals surface area contributed by atoms with E-state index in [1.807, 2.05) is 6.07 Å². The van der Waals surface area contributed by atoms with E-state index in [-0.39, 0.29) is 64.5 Å². The molecule has 3 fully saturated rings. The summed E-state index contributed by atoms with van der Waals surface area (Å²) in [6.07, 6.45) is -18.3. The van der Waals surface area contributed by atoms with E-state index in [0.717, 1.165) is 93.5 Å². The number of ether oxygens (including phenoxy) is 13. The average molecular weight is 1720 g/mol. The highest BCUT2D eigenvalue weighted by atomic mass is 16.7. The number of ketones is 3. The fourth-order valence-corrected chi connectivity index (χ4v) is 13.6. The summed E-state index contributed by atoms with van der Waals surface area (Å²) in [6.45, 7) is 9.64. The van der Waals surface area contributed by atoms with Gasteiger partial charge in [-0.1, -0.05) is 36.8 Å². The lowest BCUT2D eigenvalue weighted by Crippen LogP contribution is -2.66. The highest BCUT2D eigenvalue weighted by Gasteiger charge is 2.54. The zero-order valence-corrected chi connectivity index (χ0v) is 69.9. The Hall–Kier alpha value is -11.4. The first-order valence-electron chi connectivity index (χ1n) is 39.6. The van der Waals surface area contributed by atoms with Crippen LogP contribution in [0.2, 0.25) is 0 Å². The van der Waals surface area contributed by atoms with E-state index in [1.165, 1.54) is 0 Å². The van der Waals surface area contributed by atoms with E-state index in [4.69, 9.17) is 61.6 Å². The number of hydrogen-bond acceptors (Lipinski definition) is 34. The Morgan fingerprint density at radius 1 is 0.355 bits per heavy atom. The Morgan fingerprint density at radius 3 is 1.04 bits per heavy atom. The Labute approximate surface area is 698 Å². The number of nitrogens with one attached hydrogen (secondary N) is 7. The molecule has 3 heterocycles. The third-order valence-electron chi connectivity index (χ3n) is 18.7. The van der Waals surface area contributed by atoms with Crippen molar-refractivity contribution in [2.75, 3.05) is 52.5 Å². The summed E-state index contributed by atoms with van der Waals surface area (Å²) in [6, 6.07) is 3.61. The van der Waals surface area contributed by atoms with Crippen LogP contribution in [0.5, 0.6) is 0 Å². The maximum absolute atomic E-state index is 14.6. The number of benzene rings is 1. The van der Waals surface area contributed by atoms with Crippen LogP contribution in [0.1, 0.15) is 185 Å². The van der Waals surface area contributed by atoms with Crippen molar-refractivity contribution in [2.45, 2.75) is 283 Å². The summed E-state index contributed by atoms with van der Waals surface area (Å²) in [5, 5.41) is 17.7. The van der Waals surface area contributed by atoms with Gasteiger partial charge in [-0.15, -0.1) is 0 Å². The van der Waals surface area contributed by atoms with Crippen molar-refractivity contribution < 1.29 is 162 Å². The van der Waals surface area contributed by atoms with Gasteiger partial charge in [-0.05, 0) is 63.4 Å². The summed E-state index contributed by atoms with van der Waals surface area (Å²) >= 11 is 0. The minimum Gasteiger partial charge on any atom is -0.463 e. The molecule has 0 aromatic heterocycles. The summed E-state index contributed by atoms with van der Waals surface area (Å²) in [4.78, 5) is 272. The van der Waals surface area contributed by atoms with Crippen LogP contribution in [-0.2, 0) is 169 Å². The van der Waals surface area contributed by atoms with Crippen LogP contribution in [-0.4, -0.2) is 279 Å². The minimum atomic E-state index is -1.66. The molecule has 4 rings (SSSR count). The molecule has 42 heteroatoms. The maximum atomic E-state index is 14.6. The number of rotatable bonds is 49. The monoisotopic (exact) mass is 1720 g/mol. The molecule has 1 aromatic carbocycles. The first-order valence-corrected chi connectivity index (χ1v) is 39.6. The summed E-state index contributed by atoms with van der Waals surface area (Å²) in [5.41, 5.74) is 0.774. The number of carbonyl (C=O) groups is 21. The molecular formula is C79H112N8O34. The molecule has 1 aromatic rings. The molecule has 7 N–H and O–H groups in total. The zero-order valence-electron chi connectivity index (χ0n) is 69.9. The molecule has 15 unspecified atom stereocenters. The Kier molecular flexibility index (Phi) is 44.3. The second-order valence-corrected chi connectivity index (χ2v) is 28.8. The van der Waals surface area contributed by atoms with E-state index in [2.05, 4.69) is 37.2 Å². The van der Waals surface area contributed by atoms with Crippen molar-refractivity contribution in [1.29, 1.82) is 0 Å². The second kappa shape index (κ2) is 52.6. The van der Waals surface area contributed by atoms with Gasteiger partial charge >= 0.3 is 59.7 Å². The molecule has 0 radical (unpaired) electrons. The van der Waals surface area contributed by atoms with E-state index >= 15 is 0 Å². The Bertz CT molecular complexity index is 3690. The fraction of sp³-hybridized carbons (Fsp3) is 0.658. The lowest BCUT2D eigenvalue weighted by molar-refractivity contribution is -0.224. The number of hydrogen-bond donors (Lipinski definition) is 7.